The fourth-order valence-electron chi connectivity index (χ4n) is 1.20. The summed E-state index contributed by atoms with van der Waals surface area (Å²) in [6.07, 6.45) is 5.24. The Morgan fingerprint density at radius 3 is 2.71 bits per heavy atom. The predicted octanol–water partition coefficient (Wildman–Crippen LogP) is 2.16. The molecule has 0 fully saturated rings. The van der Waals surface area contributed by atoms with Crippen LogP contribution >= 0.6 is 11.8 Å². The van der Waals surface area contributed by atoms with E-state index >= 15 is 0 Å². The van der Waals surface area contributed by atoms with Crippen LogP contribution in [0.1, 0.15) is 12.5 Å². The highest BCUT2D eigenvalue weighted by Crippen LogP contribution is 2.25. The fraction of sp³-hybridized carbons (Fsp3) is 0.273. The van der Waals surface area contributed by atoms with E-state index in [0.717, 1.165) is 17.1 Å². The zero-order chi connectivity index (χ0) is 12.1. The van der Waals surface area contributed by atoms with Crippen LogP contribution in [0.25, 0.3) is 0 Å². The average molecular weight is 247 g/mol. The van der Waals surface area contributed by atoms with E-state index in [4.69, 9.17) is 0 Å². The molecular formula is C11H13N5S. The largest absolute Gasteiger partial charge is 0.354 e. The minimum Gasteiger partial charge on any atom is -0.354 e. The van der Waals surface area contributed by atoms with Gasteiger partial charge in [0.05, 0.1) is 0 Å². The molecule has 0 saturated carbocycles. The highest BCUT2D eigenvalue weighted by atomic mass is 32.2. The standard InChI is InChI=1S/C11H13N5S/c1-3-12-10-15-7-8(2)9(16-10)17-11-13-5-4-6-14-11/h4-7H,3H2,1-2H3,(H,12,15,16). The number of hydrogen-bond acceptors (Lipinski definition) is 6. The topological polar surface area (TPSA) is 63.6 Å². The molecule has 0 aliphatic rings. The Kier molecular flexibility index (Phi) is 3.87. The van der Waals surface area contributed by atoms with Gasteiger partial charge in [-0.1, -0.05) is 0 Å². The Bertz CT molecular complexity index is 488. The first-order valence-corrected chi connectivity index (χ1v) is 6.13. The second kappa shape index (κ2) is 5.58. The molecule has 0 saturated heterocycles. The lowest BCUT2D eigenvalue weighted by atomic mass is 10.4. The molecule has 0 aromatic carbocycles. The lowest BCUT2D eigenvalue weighted by molar-refractivity contribution is 0.943. The second-order valence-electron chi connectivity index (χ2n) is 3.35. The minimum absolute atomic E-state index is 0.636. The van der Waals surface area contributed by atoms with Crippen molar-refractivity contribution in [2.45, 2.75) is 24.0 Å². The van der Waals surface area contributed by atoms with Crippen molar-refractivity contribution >= 4 is 17.7 Å². The van der Waals surface area contributed by atoms with Crippen LogP contribution in [0.5, 0.6) is 0 Å². The number of nitrogens with zero attached hydrogens (tertiary/aromatic N) is 4. The maximum absolute atomic E-state index is 4.42. The zero-order valence-corrected chi connectivity index (χ0v) is 10.5. The van der Waals surface area contributed by atoms with Gasteiger partial charge in [0.25, 0.3) is 0 Å². The van der Waals surface area contributed by atoms with Gasteiger partial charge in [0.2, 0.25) is 5.95 Å². The zero-order valence-electron chi connectivity index (χ0n) is 9.71. The Labute approximate surface area is 104 Å². The van der Waals surface area contributed by atoms with Gasteiger partial charge in [-0.05, 0) is 31.7 Å². The maximum Gasteiger partial charge on any atom is 0.223 e. The Morgan fingerprint density at radius 1 is 1.24 bits per heavy atom. The molecule has 0 radical (unpaired) electrons. The number of anilines is 1. The van der Waals surface area contributed by atoms with Gasteiger partial charge in [0.15, 0.2) is 5.16 Å². The summed E-state index contributed by atoms with van der Waals surface area (Å²) in [5.74, 6) is 0.636. The van der Waals surface area contributed by atoms with Crippen molar-refractivity contribution in [2.24, 2.45) is 0 Å². The van der Waals surface area contributed by atoms with Crippen molar-refractivity contribution < 1.29 is 0 Å². The SMILES string of the molecule is CCNc1ncc(C)c(Sc2ncccn2)n1. The summed E-state index contributed by atoms with van der Waals surface area (Å²) in [6.45, 7) is 4.78. The molecule has 0 aliphatic heterocycles. The molecule has 2 heterocycles. The van der Waals surface area contributed by atoms with E-state index in [1.807, 2.05) is 13.8 Å². The van der Waals surface area contributed by atoms with E-state index in [0.29, 0.717) is 11.1 Å². The quantitative estimate of drug-likeness (QED) is 0.660. The number of rotatable bonds is 4. The molecule has 0 bridgehead atoms. The lowest BCUT2D eigenvalue weighted by Gasteiger charge is -2.06. The third-order valence-corrected chi connectivity index (χ3v) is 2.99. The van der Waals surface area contributed by atoms with Crippen LogP contribution < -0.4 is 5.32 Å². The molecule has 5 nitrogen and oxygen atoms in total. The van der Waals surface area contributed by atoms with E-state index < -0.39 is 0 Å². The van der Waals surface area contributed by atoms with Gasteiger partial charge in [-0.2, -0.15) is 0 Å². The molecular weight excluding hydrogens is 234 g/mol. The monoisotopic (exact) mass is 247 g/mol. The maximum atomic E-state index is 4.42. The summed E-state index contributed by atoms with van der Waals surface area (Å²) < 4.78 is 0. The Balaban J connectivity index is 2.22. The number of aromatic nitrogens is 4. The highest BCUT2D eigenvalue weighted by Gasteiger charge is 2.06. The molecule has 0 amide bonds. The van der Waals surface area contributed by atoms with Crippen LogP contribution in [-0.4, -0.2) is 26.5 Å². The van der Waals surface area contributed by atoms with Crippen molar-refractivity contribution in [3.8, 4) is 0 Å². The first-order chi connectivity index (χ1) is 8.29. The molecule has 0 aliphatic carbocycles. The van der Waals surface area contributed by atoms with Gasteiger partial charge in [0.1, 0.15) is 5.03 Å². The van der Waals surface area contributed by atoms with Crippen molar-refractivity contribution in [2.75, 3.05) is 11.9 Å². The van der Waals surface area contributed by atoms with Crippen molar-refractivity contribution in [1.29, 1.82) is 0 Å². The molecule has 2 rings (SSSR count). The van der Waals surface area contributed by atoms with Gasteiger partial charge in [0, 0.05) is 30.7 Å². The van der Waals surface area contributed by atoms with E-state index in [1.54, 1.807) is 24.7 Å². The fourth-order valence-corrected chi connectivity index (χ4v) is 1.94. The van der Waals surface area contributed by atoms with Crippen molar-refractivity contribution in [1.82, 2.24) is 19.9 Å². The van der Waals surface area contributed by atoms with Crippen molar-refractivity contribution in [3.05, 3.63) is 30.2 Å². The van der Waals surface area contributed by atoms with Gasteiger partial charge in [-0.3, -0.25) is 0 Å². The Hall–Kier alpha value is -1.69. The van der Waals surface area contributed by atoms with Crippen LogP contribution in [-0.2, 0) is 0 Å². The summed E-state index contributed by atoms with van der Waals surface area (Å²) in [5.41, 5.74) is 1.02. The summed E-state index contributed by atoms with van der Waals surface area (Å²) in [4.78, 5) is 16.9. The predicted molar refractivity (Wildman–Crippen MR) is 67.1 cm³/mol. The molecule has 88 valence electrons. The first kappa shape index (κ1) is 11.8. The second-order valence-corrected chi connectivity index (χ2v) is 4.30. The van der Waals surface area contributed by atoms with Crippen LogP contribution in [0, 0.1) is 6.92 Å². The Morgan fingerprint density at radius 2 is 2.00 bits per heavy atom. The first-order valence-electron chi connectivity index (χ1n) is 5.32. The third-order valence-electron chi connectivity index (χ3n) is 1.99. The van der Waals surface area contributed by atoms with Gasteiger partial charge >= 0.3 is 0 Å². The molecule has 0 spiro atoms. The van der Waals surface area contributed by atoms with Crippen molar-refractivity contribution in [3.63, 3.8) is 0 Å². The van der Waals surface area contributed by atoms with Gasteiger partial charge < -0.3 is 5.32 Å². The molecule has 0 unspecified atom stereocenters. The number of hydrogen-bond donors (Lipinski definition) is 1. The van der Waals surface area contributed by atoms with Crippen LogP contribution in [0.3, 0.4) is 0 Å². The van der Waals surface area contributed by atoms with Crippen LogP contribution in [0.15, 0.2) is 34.8 Å². The van der Waals surface area contributed by atoms with E-state index in [-0.39, 0.29) is 0 Å². The number of aryl methyl sites for hydroxylation is 1. The number of nitrogens with one attached hydrogen (secondary N) is 1. The molecule has 2 aromatic rings. The molecule has 6 heteroatoms. The summed E-state index contributed by atoms with van der Waals surface area (Å²) in [6, 6.07) is 1.79. The minimum atomic E-state index is 0.636. The summed E-state index contributed by atoms with van der Waals surface area (Å²) in [7, 11) is 0. The van der Waals surface area contributed by atoms with Crippen LogP contribution in [0.4, 0.5) is 5.95 Å². The van der Waals surface area contributed by atoms with Gasteiger partial charge in [-0.25, -0.2) is 19.9 Å². The smallest absolute Gasteiger partial charge is 0.223 e. The van der Waals surface area contributed by atoms with E-state index in [9.17, 15) is 0 Å². The molecule has 0 atom stereocenters. The summed E-state index contributed by atoms with van der Waals surface area (Å²) >= 11 is 1.44. The third kappa shape index (κ3) is 3.13. The lowest BCUT2D eigenvalue weighted by Crippen LogP contribution is -2.03. The van der Waals surface area contributed by atoms with Crippen LogP contribution in [0.2, 0.25) is 0 Å². The van der Waals surface area contributed by atoms with E-state index in [2.05, 4.69) is 25.3 Å². The van der Waals surface area contributed by atoms with E-state index in [1.165, 1.54) is 11.8 Å². The molecule has 1 N–H and O–H groups in total. The van der Waals surface area contributed by atoms with Gasteiger partial charge in [-0.15, -0.1) is 0 Å². The molecule has 2 aromatic heterocycles. The highest BCUT2D eigenvalue weighted by molar-refractivity contribution is 7.99. The summed E-state index contributed by atoms with van der Waals surface area (Å²) in [5, 5.41) is 4.65. The molecule has 17 heavy (non-hydrogen) atoms. The normalized spacial score (nSPS) is 10.2. The average Bonchev–Trinajstić information content (AvgIpc) is 2.35.